The summed E-state index contributed by atoms with van der Waals surface area (Å²) in [7, 11) is 0. The Balaban J connectivity index is 2.11. The average molecular weight is 364 g/mol. The molecule has 0 radical (unpaired) electrons. The fourth-order valence-corrected chi connectivity index (χ4v) is 2.89. The maximum Gasteiger partial charge on any atom is 0.0949 e. The summed E-state index contributed by atoms with van der Waals surface area (Å²) in [5.74, 6) is 0. The summed E-state index contributed by atoms with van der Waals surface area (Å²) in [6.07, 6.45) is 5.39. The molecular weight excluding hydrogens is 351 g/mol. The first kappa shape index (κ1) is 16.1. The van der Waals surface area contributed by atoms with Crippen LogP contribution in [-0.2, 0) is 6.54 Å². The van der Waals surface area contributed by atoms with Crippen molar-refractivity contribution in [1.82, 2.24) is 9.55 Å². The van der Waals surface area contributed by atoms with Gasteiger partial charge in [-0.25, -0.2) is 4.98 Å². The van der Waals surface area contributed by atoms with Crippen LogP contribution in [-0.4, -0.2) is 9.55 Å². The number of aromatic nitrogens is 2. The first-order chi connectivity index (χ1) is 11.1. The molecule has 0 bridgehead atoms. The molecule has 1 aromatic heterocycles. The molecule has 3 rings (SSSR count). The van der Waals surface area contributed by atoms with E-state index >= 15 is 0 Å². The minimum absolute atomic E-state index is 0.504. The van der Waals surface area contributed by atoms with Gasteiger partial charge in [-0.2, -0.15) is 0 Å². The number of rotatable bonds is 4. The Labute approximate surface area is 149 Å². The Kier molecular flexibility index (Phi) is 5.06. The summed E-state index contributed by atoms with van der Waals surface area (Å²) in [6.45, 7) is 0.589. The van der Waals surface area contributed by atoms with E-state index in [2.05, 4.69) is 4.98 Å². The summed E-state index contributed by atoms with van der Waals surface area (Å²) in [6, 6.07) is 15.4. The van der Waals surface area contributed by atoms with Crippen LogP contribution < -0.4 is 0 Å². The van der Waals surface area contributed by atoms with Gasteiger partial charge in [0, 0.05) is 12.4 Å². The third-order valence-electron chi connectivity index (χ3n) is 3.46. The van der Waals surface area contributed by atoms with Crippen LogP contribution in [0.4, 0.5) is 0 Å². The van der Waals surface area contributed by atoms with Gasteiger partial charge < -0.3 is 4.57 Å². The van der Waals surface area contributed by atoms with Gasteiger partial charge in [-0.3, -0.25) is 0 Å². The highest BCUT2D eigenvalue weighted by Crippen LogP contribution is 2.33. The zero-order chi connectivity index (χ0) is 16.2. The topological polar surface area (TPSA) is 17.8 Å². The van der Waals surface area contributed by atoms with Crippen molar-refractivity contribution >= 4 is 45.4 Å². The SMILES string of the molecule is Cl/C(=C(\Cn1ccnc1)c1ccc(Cl)c(Cl)c1)c1ccccc1. The molecule has 0 amide bonds. The van der Waals surface area contributed by atoms with Gasteiger partial charge in [0.05, 0.1) is 27.9 Å². The van der Waals surface area contributed by atoms with E-state index in [4.69, 9.17) is 34.8 Å². The summed E-state index contributed by atoms with van der Waals surface area (Å²) in [5.41, 5.74) is 2.84. The van der Waals surface area contributed by atoms with Crippen molar-refractivity contribution in [3.05, 3.63) is 88.4 Å². The second-order valence-corrected chi connectivity index (χ2v) is 6.21. The molecule has 5 heteroatoms. The maximum absolute atomic E-state index is 6.69. The minimum Gasteiger partial charge on any atom is -0.333 e. The number of allylic oxidation sites excluding steroid dienone is 1. The molecule has 0 saturated carbocycles. The molecule has 2 nitrogen and oxygen atoms in total. The molecule has 116 valence electrons. The third-order valence-corrected chi connectivity index (χ3v) is 4.65. The Morgan fingerprint density at radius 1 is 0.957 bits per heavy atom. The predicted octanol–water partition coefficient (Wildman–Crippen LogP) is 6.00. The van der Waals surface area contributed by atoms with Crippen LogP contribution in [0.1, 0.15) is 11.1 Å². The standard InChI is InChI=1S/C18H13Cl3N2/c19-16-7-6-14(10-17(16)20)15(11-23-9-8-22-12-23)18(21)13-4-2-1-3-5-13/h1-10,12H,11H2/b18-15+. The molecule has 0 aliphatic rings. The smallest absolute Gasteiger partial charge is 0.0949 e. The zero-order valence-corrected chi connectivity index (χ0v) is 14.4. The van der Waals surface area contributed by atoms with Crippen LogP contribution in [0, 0.1) is 0 Å². The molecule has 0 N–H and O–H groups in total. The number of benzene rings is 2. The summed E-state index contributed by atoms with van der Waals surface area (Å²) < 4.78 is 1.96. The van der Waals surface area contributed by atoms with E-state index in [9.17, 15) is 0 Å². The first-order valence-corrected chi connectivity index (χ1v) is 8.14. The molecule has 0 unspecified atom stereocenters. The lowest BCUT2D eigenvalue weighted by molar-refractivity contribution is 0.835. The molecule has 0 atom stereocenters. The fraction of sp³-hybridized carbons (Fsp3) is 0.0556. The van der Waals surface area contributed by atoms with E-state index in [1.807, 2.05) is 53.2 Å². The van der Waals surface area contributed by atoms with E-state index in [0.29, 0.717) is 21.6 Å². The van der Waals surface area contributed by atoms with Gasteiger partial charge in [-0.05, 0) is 28.8 Å². The minimum atomic E-state index is 0.504. The van der Waals surface area contributed by atoms with Crippen molar-refractivity contribution in [2.24, 2.45) is 0 Å². The first-order valence-electron chi connectivity index (χ1n) is 7.00. The van der Waals surface area contributed by atoms with Crippen molar-refractivity contribution in [3.63, 3.8) is 0 Å². The highest BCUT2D eigenvalue weighted by atomic mass is 35.5. The summed E-state index contributed by atoms with van der Waals surface area (Å²) in [5, 5.41) is 1.70. The Morgan fingerprint density at radius 2 is 1.74 bits per heavy atom. The predicted molar refractivity (Wildman–Crippen MR) is 97.8 cm³/mol. The molecule has 23 heavy (non-hydrogen) atoms. The Hall–Kier alpha value is -1.74. The van der Waals surface area contributed by atoms with Crippen LogP contribution in [0.15, 0.2) is 67.3 Å². The zero-order valence-electron chi connectivity index (χ0n) is 12.1. The van der Waals surface area contributed by atoms with Gasteiger partial charge in [0.2, 0.25) is 0 Å². The highest BCUT2D eigenvalue weighted by Gasteiger charge is 2.12. The quantitative estimate of drug-likeness (QED) is 0.520. The van der Waals surface area contributed by atoms with Crippen LogP contribution in [0.5, 0.6) is 0 Å². The Morgan fingerprint density at radius 3 is 2.39 bits per heavy atom. The van der Waals surface area contributed by atoms with Crippen LogP contribution in [0.3, 0.4) is 0 Å². The second kappa shape index (κ2) is 7.22. The van der Waals surface area contributed by atoms with Crippen molar-refractivity contribution in [2.75, 3.05) is 0 Å². The lowest BCUT2D eigenvalue weighted by Gasteiger charge is -2.13. The Bertz CT molecular complexity index is 825. The number of nitrogens with zero attached hydrogens (tertiary/aromatic N) is 2. The largest absolute Gasteiger partial charge is 0.333 e. The van der Waals surface area contributed by atoms with E-state index in [1.165, 1.54) is 0 Å². The van der Waals surface area contributed by atoms with E-state index < -0.39 is 0 Å². The molecule has 0 saturated heterocycles. The lowest BCUT2D eigenvalue weighted by Crippen LogP contribution is -2.00. The molecule has 0 aliphatic carbocycles. The van der Waals surface area contributed by atoms with Gasteiger partial charge in [-0.1, -0.05) is 71.2 Å². The van der Waals surface area contributed by atoms with Crippen molar-refractivity contribution in [1.29, 1.82) is 0 Å². The summed E-state index contributed by atoms with van der Waals surface area (Å²) >= 11 is 18.9. The maximum atomic E-state index is 6.69. The fourth-order valence-electron chi connectivity index (χ4n) is 2.29. The number of imidazole rings is 1. The molecular formula is C18H13Cl3N2. The van der Waals surface area contributed by atoms with Gasteiger partial charge in [0.1, 0.15) is 0 Å². The van der Waals surface area contributed by atoms with E-state index in [0.717, 1.165) is 16.7 Å². The van der Waals surface area contributed by atoms with Crippen LogP contribution in [0.2, 0.25) is 10.0 Å². The van der Waals surface area contributed by atoms with Gasteiger partial charge in [0.15, 0.2) is 0 Å². The molecule has 2 aromatic carbocycles. The average Bonchev–Trinajstić information content (AvgIpc) is 3.09. The van der Waals surface area contributed by atoms with Gasteiger partial charge >= 0.3 is 0 Å². The lowest BCUT2D eigenvalue weighted by atomic mass is 10.0. The van der Waals surface area contributed by atoms with Crippen LogP contribution in [0.25, 0.3) is 10.6 Å². The monoisotopic (exact) mass is 362 g/mol. The van der Waals surface area contributed by atoms with E-state index in [-0.39, 0.29) is 0 Å². The van der Waals surface area contributed by atoms with Crippen molar-refractivity contribution in [3.8, 4) is 0 Å². The van der Waals surface area contributed by atoms with Gasteiger partial charge in [-0.15, -0.1) is 0 Å². The van der Waals surface area contributed by atoms with Crippen molar-refractivity contribution in [2.45, 2.75) is 6.54 Å². The van der Waals surface area contributed by atoms with Gasteiger partial charge in [0.25, 0.3) is 0 Å². The molecule has 0 spiro atoms. The second-order valence-electron chi connectivity index (χ2n) is 5.02. The summed E-state index contributed by atoms with van der Waals surface area (Å²) in [4.78, 5) is 4.08. The highest BCUT2D eigenvalue weighted by molar-refractivity contribution is 6.52. The molecule has 3 aromatic rings. The molecule has 1 heterocycles. The number of halogens is 3. The third kappa shape index (κ3) is 3.78. The van der Waals surface area contributed by atoms with Crippen LogP contribution >= 0.6 is 34.8 Å². The molecule has 0 fully saturated rings. The number of hydrogen-bond acceptors (Lipinski definition) is 1. The van der Waals surface area contributed by atoms with E-state index in [1.54, 1.807) is 18.6 Å². The number of hydrogen-bond donors (Lipinski definition) is 0. The van der Waals surface area contributed by atoms with Crippen molar-refractivity contribution < 1.29 is 0 Å². The normalized spacial score (nSPS) is 12.1. The molecule has 0 aliphatic heterocycles.